The molecule has 2 aromatic carbocycles. The molecule has 5 nitrogen and oxygen atoms in total. The SMILES string of the molecule is COc1cc2c(c([N+](=O)[O-])c1)N[C@H](c1ccc(Br)cc1)[C@H]1CC=C[C@@H]21. The summed E-state index contributed by atoms with van der Waals surface area (Å²) in [7, 11) is 1.54. The Labute approximate surface area is 154 Å². The van der Waals surface area contributed by atoms with Gasteiger partial charge in [-0.1, -0.05) is 40.2 Å². The van der Waals surface area contributed by atoms with E-state index in [2.05, 4.69) is 45.5 Å². The Hall–Kier alpha value is -2.34. The van der Waals surface area contributed by atoms with Crippen molar-refractivity contribution in [3.05, 3.63) is 74.3 Å². The highest BCUT2D eigenvalue weighted by Gasteiger charge is 2.41. The van der Waals surface area contributed by atoms with Crippen molar-refractivity contribution in [2.75, 3.05) is 12.4 Å². The zero-order valence-electron chi connectivity index (χ0n) is 13.6. The van der Waals surface area contributed by atoms with Crippen LogP contribution in [0.4, 0.5) is 11.4 Å². The van der Waals surface area contributed by atoms with E-state index >= 15 is 0 Å². The number of ether oxygens (including phenoxy) is 1. The predicted molar refractivity (Wildman–Crippen MR) is 100 cm³/mol. The zero-order valence-corrected chi connectivity index (χ0v) is 15.2. The van der Waals surface area contributed by atoms with Gasteiger partial charge in [0.25, 0.3) is 5.69 Å². The molecule has 3 atom stereocenters. The van der Waals surface area contributed by atoms with Crippen LogP contribution in [0.15, 0.2) is 53.0 Å². The quantitative estimate of drug-likeness (QED) is 0.437. The van der Waals surface area contributed by atoms with Crippen LogP contribution < -0.4 is 10.1 Å². The Morgan fingerprint density at radius 3 is 2.72 bits per heavy atom. The van der Waals surface area contributed by atoms with Crippen LogP contribution in [0.3, 0.4) is 0 Å². The van der Waals surface area contributed by atoms with Crippen molar-refractivity contribution in [2.24, 2.45) is 5.92 Å². The number of nitrogens with zero attached hydrogens (tertiary/aromatic N) is 1. The number of nitrogens with one attached hydrogen (secondary N) is 1. The second-order valence-electron chi connectivity index (χ2n) is 6.39. The molecule has 0 fully saturated rings. The molecule has 2 aromatic rings. The van der Waals surface area contributed by atoms with Crippen molar-refractivity contribution < 1.29 is 9.66 Å². The Kier molecular flexibility index (Phi) is 4.00. The Morgan fingerprint density at radius 2 is 2.04 bits per heavy atom. The number of methoxy groups -OCH3 is 1. The molecule has 0 unspecified atom stereocenters. The van der Waals surface area contributed by atoms with Crippen molar-refractivity contribution in [1.82, 2.24) is 0 Å². The van der Waals surface area contributed by atoms with E-state index in [1.54, 1.807) is 0 Å². The number of nitro groups is 1. The summed E-state index contributed by atoms with van der Waals surface area (Å²) in [5.74, 6) is 1.01. The molecule has 1 heterocycles. The molecule has 0 amide bonds. The highest BCUT2D eigenvalue weighted by molar-refractivity contribution is 9.10. The lowest BCUT2D eigenvalue weighted by atomic mass is 9.76. The summed E-state index contributed by atoms with van der Waals surface area (Å²) < 4.78 is 6.30. The summed E-state index contributed by atoms with van der Waals surface area (Å²) in [5, 5.41) is 15.1. The molecule has 0 saturated heterocycles. The van der Waals surface area contributed by atoms with E-state index in [1.807, 2.05) is 18.2 Å². The topological polar surface area (TPSA) is 64.4 Å². The van der Waals surface area contributed by atoms with Crippen LogP contribution in [0.5, 0.6) is 5.75 Å². The highest BCUT2D eigenvalue weighted by Crippen LogP contribution is 2.53. The molecule has 1 aliphatic heterocycles. The number of anilines is 1. The maximum Gasteiger partial charge on any atom is 0.296 e. The van der Waals surface area contributed by atoms with Gasteiger partial charge in [0.05, 0.1) is 24.1 Å². The van der Waals surface area contributed by atoms with Gasteiger partial charge >= 0.3 is 0 Å². The van der Waals surface area contributed by atoms with Crippen LogP contribution in [0.25, 0.3) is 0 Å². The lowest BCUT2D eigenvalue weighted by molar-refractivity contribution is -0.384. The smallest absolute Gasteiger partial charge is 0.296 e. The van der Waals surface area contributed by atoms with Gasteiger partial charge in [-0.05, 0) is 41.7 Å². The largest absolute Gasteiger partial charge is 0.496 e. The van der Waals surface area contributed by atoms with E-state index in [-0.39, 0.29) is 22.6 Å². The average Bonchev–Trinajstić information content (AvgIpc) is 3.10. The molecule has 0 saturated carbocycles. The molecule has 1 aliphatic carbocycles. The number of allylic oxidation sites excluding steroid dienone is 2. The lowest BCUT2D eigenvalue weighted by Gasteiger charge is -2.37. The van der Waals surface area contributed by atoms with Crippen LogP contribution in [0.1, 0.15) is 29.5 Å². The third-order valence-electron chi connectivity index (χ3n) is 5.08. The minimum Gasteiger partial charge on any atom is -0.496 e. The normalized spacial score (nSPS) is 23.5. The third-order valence-corrected chi connectivity index (χ3v) is 5.61. The maximum absolute atomic E-state index is 11.6. The average molecular weight is 401 g/mol. The van der Waals surface area contributed by atoms with E-state index in [0.29, 0.717) is 17.4 Å². The standard InChI is InChI=1S/C19H17BrN2O3/c1-25-13-9-16-14-3-2-4-15(14)18(11-5-7-12(20)8-6-11)21-19(16)17(10-13)22(23)24/h2-3,5-10,14-15,18,21H,4H2,1H3/t14-,15+,18-/m1/s1. The zero-order chi connectivity index (χ0) is 17.6. The first kappa shape index (κ1) is 16.1. The van der Waals surface area contributed by atoms with Crippen molar-refractivity contribution >= 4 is 27.3 Å². The molecule has 1 N–H and O–H groups in total. The van der Waals surface area contributed by atoms with Crippen LogP contribution in [0.2, 0.25) is 0 Å². The van der Waals surface area contributed by atoms with E-state index in [4.69, 9.17) is 4.74 Å². The van der Waals surface area contributed by atoms with Gasteiger partial charge in [-0.15, -0.1) is 0 Å². The number of hydrogen-bond acceptors (Lipinski definition) is 4. The van der Waals surface area contributed by atoms with E-state index < -0.39 is 0 Å². The summed E-state index contributed by atoms with van der Waals surface area (Å²) >= 11 is 3.46. The van der Waals surface area contributed by atoms with Gasteiger partial charge in [0.2, 0.25) is 0 Å². The first-order valence-electron chi connectivity index (χ1n) is 8.13. The molecule has 6 heteroatoms. The Morgan fingerprint density at radius 1 is 1.28 bits per heavy atom. The van der Waals surface area contributed by atoms with Gasteiger partial charge in [0.15, 0.2) is 0 Å². The number of halogens is 1. The summed E-state index contributed by atoms with van der Waals surface area (Å²) in [6.45, 7) is 0. The maximum atomic E-state index is 11.6. The fourth-order valence-corrected chi connectivity index (χ4v) is 4.18. The van der Waals surface area contributed by atoms with Crippen LogP contribution in [-0.4, -0.2) is 12.0 Å². The monoisotopic (exact) mass is 400 g/mol. The number of nitro benzene ring substituents is 1. The molecule has 0 radical (unpaired) electrons. The number of hydrogen-bond donors (Lipinski definition) is 1. The van der Waals surface area contributed by atoms with Gasteiger partial charge < -0.3 is 10.1 Å². The molecular weight excluding hydrogens is 384 g/mol. The van der Waals surface area contributed by atoms with Crippen LogP contribution in [-0.2, 0) is 0 Å². The molecule has 25 heavy (non-hydrogen) atoms. The van der Waals surface area contributed by atoms with Gasteiger partial charge in [-0.3, -0.25) is 10.1 Å². The highest BCUT2D eigenvalue weighted by atomic mass is 79.9. The molecule has 4 rings (SSSR count). The van der Waals surface area contributed by atoms with Gasteiger partial charge in [0.1, 0.15) is 11.4 Å². The number of benzene rings is 2. The molecule has 2 aliphatic rings. The number of rotatable bonds is 3. The molecule has 0 spiro atoms. The van der Waals surface area contributed by atoms with Crippen molar-refractivity contribution in [2.45, 2.75) is 18.4 Å². The summed E-state index contributed by atoms with van der Waals surface area (Å²) in [5.41, 5.74) is 2.75. The summed E-state index contributed by atoms with van der Waals surface area (Å²) in [6, 6.07) is 11.6. The van der Waals surface area contributed by atoms with E-state index in [0.717, 1.165) is 22.0 Å². The van der Waals surface area contributed by atoms with Gasteiger partial charge in [-0.25, -0.2) is 0 Å². The van der Waals surface area contributed by atoms with Crippen molar-refractivity contribution in [3.8, 4) is 5.75 Å². The van der Waals surface area contributed by atoms with E-state index in [9.17, 15) is 10.1 Å². The minimum absolute atomic E-state index is 0.0349. The van der Waals surface area contributed by atoms with Crippen molar-refractivity contribution in [3.63, 3.8) is 0 Å². The molecule has 128 valence electrons. The first-order valence-corrected chi connectivity index (χ1v) is 8.93. The second kappa shape index (κ2) is 6.19. The minimum atomic E-state index is -0.341. The van der Waals surface area contributed by atoms with Crippen molar-refractivity contribution in [1.29, 1.82) is 0 Å². The van der Waals surface area contributed by atoms with Crippen LogP contribution in [0, 0.1) is 16.0 Å². The van der Waals surface area contributed by atoms with Gasteiger partial charge in [-0.2, -0.15) is 0 Å². The Bertz CT molecular complexity index is 864. The Balaban J connectivity index is 1.85. The predicted octanol–water partition coefficient (Wildman–Crippen LogP) is 5.19. The first-order chi connectivity index (χ1) is 12.1. The third kappa shape index (κ3) is 2.70. The lowest BCUT2D eigenvalue weighted by Crippen LogP contribution is -2.29. The summed E-state index contributed by atoms with van der Waals surface area (Å²) in [6.07, 6.45) is 5.28. The fraction of sp³-hybridized carbons (Fsp3) is 0.263. The molecular formula is C19H17BrN2O3. The van der Waals surface area contributed by atoms with Crippen LogP contribution >= 0.6 is 15.9 Å². The van der Waals surface area contributed by atoms with E-state index in [1.165, 1.54) is 13.2 Å². The molecule has 0 aromatic heterocycles. The fourth-order valence-electron chi connectivity index (χ4n) is 3.92. The summed E-state index contributed by atoms with van der Waals surface area (Å²) in [4.78, 5) is 11.3. The molecule has 0 bridgehead atoms. The van der Waals surface area contributed by atoms with Gasteiger partial charge in [0, 0.05) is 10.4 Å². The second-order valence-corrected chi connectivity index (χ2v) is 7.31. The number of fused-ring (bicyclic) bond motifs is 3.